The topological polar surface area (TPSA) is 155 Å². The molecule has 0 heterocycles. The first-order valence-corrected chi connectivity index (χ1v) is 4.64. The Hall–Kier alpha value is 0.01000. The molecule has 0 bridgehead atoms. The van der Waals surface area contributed by atoms with Crippen LogP contribution in [0.15, 0.2) is 29.2 Å². The molecule has 0 saturated heterocycles. The van der Waals surface area contributed by atoms with Crippen molar-refractivity contribution in [2.75, 3.05) is 0 Å². The minimum Gasteiger partial charge on any atom is -1.00 e. The second-order valence-corrected chi connectivity index (χ2v) is 3.92. The van der Waals surface area contributed by atoms with Crippen molar-refractivity contribution in [2.45, 2.75) is 11.8 Å². The number of hydrogen-bond donors (Lipinski definition) is 1. The molecule has 0 amide bonds. The Balaban J connectivity index is -0.0000000807. The smallest absolute Gasteiger partial charge is 1.00 e. The van der Waals surface area contributed by atoms with Gasteiger partial charge >= 0.3 is 29.6 Å². The summed E-state index contributed by atoms with van der Waals surface area (Å²) in [5.41, 5.74) is 1.01. The van der Waals surface area contributed by atoms with Gasteiger partial charge in [0.2, 0.25) is 10.0 Å². The molecular weight excluding hydrogens is 233 g/mol. The van der Waals surface area contributed by atoms with Gasteiger partial charge in [-0.05, 0) is 19.1 Å². The predicted octanol–water partition coefficient (Wildman–Crippen LogP) is -4.72. The van der Waals surface area contributed by atoms with E-state index in [2.05, 4.69) is 0 Å². The van der Waals surface area contributed by atoms with Crippen LogP contribution in [0.5, 0.6) is 0 Å². The van der Waals surface area contributed by atoms with Crippen LogP contribution >= 0.6 is 0 Å². The van der Waals surface area contributed by atoms with Gasteiger partial charge in [0, 0.05) is 0 Å². The van der Waals surface area contributed by atoms with Gasteiger partial charge in [0.05, 0.1) is 4.90 Å². The van der Waals surface area contributed by atoms with Crippen LogP contribution in [0.25, 0.3) is 0 Å². The van der Waals surface area contributed by atoms with Gasteiger partial charge in [-0.15, -0.1) is 0 Å². The Morgan fingerprint density at radius 2 is 1.40 bits per heavy atom. The number of sulfonamides is 1. The third-order valence-corrected chi connectivity index (χ3v) is 2.28. The second-order valence-electron chi connectivity index (χ2n) is 2.36. The van der Waals surface area contributed by atoms with Crippen LogP contribution in [0.4, 0.5) is 0 Å². The van der Waals surface area contributed by atoms with Gasteiger partial charge < -0.3 is 17.9 Å². The number of hydrogen-bond acceptors (Lipinski definition) is 2. The molecule has 8 N–H and O–H groups in total. The molecule has 1 aromatic rings. The van der Waals surface area contributed by atoms with Gasteiger partial charge in [-0.2, -0.15) is 0 Å². The van der Waals surface area contributed by atoms with E-state index in [9.17, 15) is 8.42 Å². The van der Waals surface area contributed by atoms with E-state index in [1.165, 1.54) is 12.1 Å². The largest absolute Gasteiger partial charge is 1.00 e. The first-order valence-electron chi connectivity index (χ1n) is 3.09. The normalized spacial score (nSPS) is 8.40. The number of primary sulfonamides is 1. The van der Waals surface area contributed by atoms with Crippen molar-refractivity contribution in [2.24, 2.45) is 5.14 Å². The number of rotatable bonds is 1. The molecular formula is C7H16NNaO5S. The van der Waals surface area contributed by atoms with E-state index >= 15 is 0 Å². The van der Waals surface area contributed by atoms with E-state index in [0.29, 0.717) is 0 Å². The van der Waals surface area contributed by atoms with E-state index < -0.39 is 10.0 Å². The molecule has 15 heavy (non-hydrogen) atoms. The monoisotopic (exact) mass is 249 g/mol. The Morgan fingerprint density at radius 3 is 1.67 bits per heavy atom. The third kappa shape index (κ3) is 7.88. The van der Waals surface area contributed by atoms with E-state index in [0.717, 1.165) is 5.56 Å². The van der Waals surface area contributed by atoms with Crippen LogP contribution < -0.4 is 34.7 Å². The average Bonchev–Trinajstić information content (AvgIpc) is 1.86. The molecule has 0 spiro atoms. The average molecular weight is 249 g/mol. The first-order chi connectivity index (χ1) is 5.00. The summed E-state index contributed by atoms with van der Waals surface area (Å²) in [5.74, 6) is 0. The van der Waals surface area contributed by atoms with Gasteiger partial charge in [-0.25, -0.2) is 13.6 Å². The van der Waals surface area contributed by atoms with Crippen LogP contribution in [-0.4, -0.2) is 24.8 Å². The summed E-state index contributed by atoms with van der Waals surface area (Å²) < 4.78 is 21.4. The SMILES string of the molecule is Cc1ccc(S(N)(=O)=O)cc1.O.O.O.[H-].[Na+]. The van der Waals surface area contributed by atoms with Crippen LogP contribution in [-0.2, 0) is 10.0 Å². The molecule has 8 heteroatoms. The van der Waals surface area contributed by atoms with Crippen molar-refractivity contribution < 1.29 is 55.8 Å². The summed E-state index contributed by atoms with van der Waals surface area (Å²) in [6.07, 6.45) is 0. The van der Waals surface area contributed by atoms with E-state index in [4.69, 9.17) is 5.14 Å². The molecule has 0 atom stereocenters. The zero-order valence-electron chi connectivity index (χ0n) is 9.61. The van der Waals surface area contributed by atoms with Crippen LogP contribution in [0, 0.1) is 6.92 Å². The Kier molecular flexibility index (Phi) is 15.0. The number of benzene rings is 1. The molecule has 0 fully saturated rings. The zero-order chi connectivity index (χ0) is 8.48. The fraction of sp³-hybridized carbons (Fsp3) is 0.143. The van der Waals surface area contributed by atoms with Gasteiger partial charge in [0.1, 0.15) is 0 Å². The maximum Gasteiger partial charge on any atom is 1.00 e. The van der Waals surface area contributed by atoms with Crippen LogP contribution in [0.1, 0.15) is 6.99 Å². The molecule has 0 aliphatic carbocycles. The summed E-state index contributed by atoms with van der Waals surface area (Å²) in [7, 11) is -3.52. The molecule has 1 aromatic carbocycles. The third-order valence-electron chi connectivity index (χ3n) is 1.35. The maximum atomic E-state index is 10.7. The van der Waals surface area contributed by atoms with Crippen molar-refractivity contribution in [1.82, 2.24) is 0 Å². The second kappa shape index (κ2) is 9.25. The molecule has 0 saturated carbocycles. The summed E-state index contributed by atoms with van der Waals surface area (Å²) in [6, 6.07) is 6.40. The molecule has 0 aliphatic heterocycles. The fourth-order valence-electron chi connectivity index (χ4n) is 0.728. The summed E-state index contributed by atoms with van der Waals surface area (Å²) in [5, 5.41) is 4.88. The van der Waals surface area contributed by atoms with Crippen molar-refractivity contribution in [1.29, 1.82) is 0 Å². The molecule has 0 aliphatic rings. The van der Waals surface area contributed by atoms with Crippen LogP contribution in [0.3, 0.4) is 0 Å². The Bertz CT molecular complexity index is 356. The molecule has 6 nitrogen and oxygen atoms in total. The van der Waals surface area contributed by atoms with E-state index in [1.807, 2.05) is 6.92 Å². The molecule has 0 unspecified atom stereocenters. The fourth-order valence-corrected chi connectivity index (χ4v) is 1.24. The minimum atomic E-state index is -3.52. The molecule has 0 aromatic heterocycles. The van der Waals surface area contributed by atoms with Crippen molar-refractivity contribution in [3.8, 4) is 0 Å². The first kappa shape index (κ1) is 24.3. The van der Waals surface area contributed by atoms with Crippen molar-refractivity contribution in [3.63, 3.8) is 0 Å². The number of nitrogens with two attached hydrogens (primary N) is 1. The molecule has 86 valence electrons. The quantitative estimate of drug-likeness (QED) is 0.496. The van der Waals surface area contributed by atoms with E-state index in [1.54, 1.807) is 12.1 Å². The van der Waals surface area contributed by atoms with Crippen molar-refractivity contribution in [3.05, 3.63) is 29.8 Å². The molecule has 0 radical (unpaired) electrons. The Labute approximate surface area is 112 Å². The standard InChI is InChI=1S/C7H9NO2S.Na.3H2O.H/c1-6-2-4-7(5-3-6)11(8,9)10;;;;;/h2-5H,1H3,(H2,8,9,10);;3*1H2;/q;+1;;;;-1. The predicted molar refractivity (Wildman–Crippen MR) is 54.5 cm³/mol. The van der Waals surface area contributed by atoms with E-state index in [-0.39, 0.29) is 52.3 Å². The maximum absolute atomic E-state index is 10.7. The summed E-state index contributed by atoms with van der Waals surface area (Å²) in [6.45, 7) is 1.88. The molecule has 1 rings (SSSR count). The Morgan fingerprint density at radius 1 is 1.07 bits per heavy atom. The van der Waals surface area contributed by atoms with Gasteiger partial charge in [-0.3, -0.25) is 0 Å². The van der Waals surface area contributed by atoms with Crippen molar-refractivity contribution >= 4 is 10.0 Å². The van der Waals surface area contributed by atoms with Gasteiger partial charge in [0.15, 0.2) is 0 Å². The minimum absolute atomic E-state index is 0. The van der Waals surface area contributed by atoms with Gasteiger partial charge in [0.25, 0.3) is 0 Å². The summed E-state index contributed by atoms with van der Waals surface area (Å²) >= 11 is 0. The summed E-state index contributed by atoms with van der Waals surface area (Å²) in [4.78, 5) is 0.156. The zero-order valence-corrected chi connectivity index (χ0v) is 11.4. The van der Waals surface area contributed by atoms with Crippen LogP contribution in [0.2, 0.25) is 0 Å². The number of aryl methyl sites for hydroxylation is 1. The van der Waals surface area contributed by atoms with Gasteiger partial charge in [-0.1, -0.05) is 17.7 Å².